The summed E-state index contributed by atoms with van der Waals surface area (Å²) < 4.78 is 70.4. The van der Waals surface area contributed by atoms with Gasteiger partial charge >= 0.3 is 6.03 Å². The van der Waals surface area contributed by atoms with E-state index in [1.54, 1.807) is 24.3 Å². The van der Waals surface area contributed by atoms with Gasteiger partial charge in [0.2, 0.25) is 0 Å². The number of nitrogens with two attached hydrogens (primary N) is 1. The van der Waals surface area contributed by atoms with Gasteiger partial charge in [-0.15, -0.1) is 0 Å². The number of ether oxygens (including phenoxy) is 2. The number of rotatable bonds is 17. The number of benzene rings is 2. The van der Waals surface area contributed by atoms with Crippen molar-refractivity contribution in [3.63, 3.8) is 0 Å². The van der Waals surface area contributed by atoms with Gasteiger partial charge in [-0.05, 0) is 175 Å². The number of nitrogens with zero attached hydrogens (tertiary/aromatic N) is 5. The normalized spacial score (nSPS) is 21.5. The average Bonchev–Trinajstić information content (AvgIpc) is 2.44. The Hall–Kier alpha value is -6.39. The van der Waals surface area contributed by atoms with Crippen LogP contribution in [0.3, 0.4) is 0 Å². The number of piperidine rings is 2. The Kier molecular flexibility index (Phi) is 18.5. The molecule has 4 aromatic rings. The second-order valence-corrected chi connectivity index (χ2v) is 29.1. The quantitative estimate of drug-likeness (QED) is 0.0616. The van der Waals surface area contributed by atoms with Gasteiger partial charge < -0.3 is 35.6 Å². The summed E-state index contributed by atoms with van der Waals surface area (Å²) in [6.45, 7) is 10.7. The molecular formula is C63H86N10O10S2. The summed E-state index contributed by atoms with van der Waals surface area (Å²) in [4.78, 5) is 61.2. The number of hydrogen-bond donors (Lipinski definition) is 5. The van der Waals surface area contributed by atoms with E-state index in [9.17, 15) is 36.1 Å². The number of aryl methyl sites for hydroxylation is 2. The zero-order chi connectivity index (χ0) is 60.2. The molecule has 2 aromatic carbocycles. The fraction of sp³-hybridized carbons (Fsp3) is 0.603. The summed E-state index contributed by atoms with van der Waals surface area (Å²) in [7, 11) is -8.38. The van der Waals surface area contributed by atoms with Crippen LogP contribution >= 0.6 is 0 Å². The highest BCUT2D eigenvalue weighted by molar-refractivity contribution is 7.90. The summed E-state index contributed by atoms with van der Waals surface area (Å²) in [6.07, 6.45) is 20.6. The van der Waals surface area contributed by atoms with Gasteiger partial charge in [0.25, 0.3) is 31.9 Å². The third kappa shape index (κ3) is 16.0. The molecule has 0 bridgehead atoms. The first-order chi connectivity index (χ1) is 40.5. The van der Waals surface area contributed by atoms with Gasteiger partial charge in [-0.3, -0.25) is 9.59 Å². The van der Waals surface area contributed by atoms with Crippen molar-refractivity contribution in [2.24, 2.45) is 10.9 Å². The summed E-state index contributed by atoms with van der Waals surface area (Å²) in [5, 5.41) is 8.45. The number of nitrogens with one attached hydrogen (secondary N) is 4. The molecule has 4 heterocycles. The summed E-state index contributed by atoms with van der Waals surface area (Å²) >= 11 is 0. The van der Waals surface area contributed by atoms with E-state index in [0.29, 0.717) is 106 Å². The van der Waals surface area contributed by atoms with Crippen LogP contribution in [0.4, 0.5) is 16.4 Å². The first-order valence-corrected chi connectivity index (χ1v) is 33.9. The molecule has 4 amide bonds. The van der Waals surface area contributed by atoms with Crippen molar-refractivity contribution in [2.75, 3.05) is 36.0 Å². The first-order valence-electron chi connectivity index (χ1n) is 30.9. The zero-order valence-corrected chi connectivity index (χ0v) is 51.5. The highest BCUT2D eigenvalue weighted by Gasteiger charge is 2.56. The maximum atomic E-state index is 13.4. The molecule has 22 heteroatoms. The molecule has 2 aromatic heterocycles. The van der Waals surface area contributed by atoms with Crippen molar-refractivity contribution < 1.29 is 40.7 Å². The highest BCUT2D eigenvalue weighted by Crippen LogP contribution is 2.47. The number of anilines is 2. The molecule has 0 unspecified atom stereocenters. The Bertz CT molecular complexity index is 3300. The Morgan fingerprint density at radius 2 is 1.00 bits per heavy atom. The van der Waals surface area contributed by atoms with Crippen LogP contribution in [0.2, 0.25) is 0 Å². The fourth-order valence-electron chi connectivity index (χ4n) is 11.9. The van der Waals surface area contributed by atoms with E-state index in [-0.39, 0.29) is 33.2 Å². The van der Waals surface area contributed by atoms with Gasteiger partial charge in [0.05, 0.1) is 6.04 Å². The van der Waals surface area contributed by atoms with E-state index in [4.69, 9.17) is 15.2 Å². The number of amides is 4. The van der Waals surface area contributed by atoms with Crippen molar-refractivity contribution in [3.8, 4) is 11.5 Å². The van der Waals surface area contributed by atoms with E-state index < -0.39 is 43.1 Å². The number of urea groups is 1. The second kappa shape index (κ2) is 25.5. The Morgan fingerprint density at radius 1 is 0.576 bits per heavy atom. The Labute approximate surface area is 501 Å². The standard InChI is InChI=1S/C32H43N5O5S.C28H38N4O4S.C3H5NO/c1-22-11-14-25(23-7-4-3-5-8-23)26(21-22)42-32(15-16-32)29(38)36-43(40,41)28-10-6-9-27(34-28)37-19-17-31(2,18-20-37)35-30(39)33-24-12-13-24;1-20-11-12-22(21-7-4-3-5-8-21)23(19-20)36-28(13-14-28)26(33)31-37(34,35)25-10-6-9-24(30-25)32-17-15-27(2,29)16-18-32;5-4-3-1-2-3/h6,9-11,14,21,23-24H,3-5,7-8,12-13,15-20H2,1-2H3,(H,36,38)(H2,33,35,39);6,9-12,19,21H,3-5,7-8,13-18,29H2,1-2H3,(H,31,33);3H,1-2H2. The van der Waals surface area contributed by atoms with Crippen molar-refractivity contribution in [2.45, 2.75) is 225 Å². The number of sulfonamides is 2. The molecule has 2 aliphatic heterocycles. The van der Waals surface area contributed by atoms with E-state index in [0.717, 1.165) is 86.5 Å². The first kappa shape index (κ1) is 61.7. The molecule has 8 aliphatic rings. The number of carbonyl (C=O) groups is 3. The average molecular weight is 1210 g/mol. The second-order valence-electron chi connectivity index (χ2n) is 25.9. The van der Waals surface area contributed by atoms with Crippen LogP contribution in [0.5, 0.6) is 11.5 Å². The topological polar surface area (TPSA) is 274 Å². The number of carbonyl (C=O) groups excluding carboxylic acids is 3. The van der Waals surface area contributed by atoms with Gasteiger partial charge in [0, 0.05) is 69.0 Å². The number of hydrogen-bond acceptors (Lipinski definition) is 16. The molecule has 6 saturated carbocycles. The molecule has 8 fully saturated rings. The van der Waals surface area contributed by atoms with Crippen molar-refractivity contribution >= 4 is 49.5 Å². The van der Waals surface area contributed by atoms with Gasteiger partial charge in [0.1, 0.15) is 23.1 Å². The lowest BCUT2D eigenvalue weighted by Crippen LogP contribution is -2.56. The minimum absolute atomic E-state index is 0.134. The minimum atomic E-state index is -4.22. The maximum absolute atomic E-state index is 13.4. The zero-order valence-electron chi connectivity index (χ0n) is 49.8. The Balaban J connectivity index is 0.000000176. The van der Waals surface area contributed by atoms with E-state index >= 15 is 0 Å². The van der Waals surface area contributed by atoms with E-state index in [2.05, 4.69) is 59.5 Å². The predicted octanol–water partition coefficient (Wildman–Crippen LogP) is 9.76. The van der Waals surface area contributed by atoms with Crippen LogP contribution in [-0.2, 0) is 29.6 Å². The summed E-state index contributed by atoms with van der Waals surface area (Å²) in [5.74, 6) is 2.00. The number of pyridine rings is 2. The maximum Gasteiger partial charge on any atom is 0.315 e. The molecule has 0 radical (unpaired) electrons. The lowest BCUT2D eigenvalue weighted by molar-refractivity contribution is -0.128. The van der Waals surface area contributed by atoms with Crippen LogP contribution in [0, 0.1) is 18.8 Å². The largest absolute Gasteiger partial charge is 0.477 e. The number of nitroso groups, excluding NO2 is 1. The van der Waals surface area contributed by atoms with E-state index in [1.807, 2.05) is 49.6 Å². The van der Waals surface area contributed by atoms with Gasteiger partial charge in [-0.2, -0.15) is 21.7 Å². The fourth-order valence-corrected chi connectivity index (χ4v) is 13.9. The van der Waals surface area contributed by atoms with Crippen molar-refractivity contribution in [1.29, 1.82) is 0 Å². The monoisotopic (exact) mass is 1210 g/mol. The molecule has 6 aliphatic carbocycles. The van der Waals surface area contributed by atoms with E-state index in [1.165, 1.54) is 50.7 Å². The molecular weight excluding hydrogens is 1120 g/mol. The van der Waals surface area contributed by atoms with Crippen LogP contribution in [0.1, 0.15) is 189 Å². The van der Waals surface area contributed by atoms with Crippen LogP contribution < -0.4 is 45.1 Å². The SMILES string of the molecule is Cc1ccc(C2CCCCC2)c(OC2(C(=O)NS(=O)(=O)c3cccc(N4CCC(C)(N)CC4)n3)CC2)c1.Cc1ccc(C2CCCCC2)c(OC2(C(=O)NS(=O)(=O)c3cccc(N4CCC(C)(NC(=O)NC5CC5)CC4)n3)CC2)c1.O=NC1CC1. The summed E-state index contributed by atoms with van der Waals surface area (Å²) in [5.41, 5.74) is 7.62. The minimum Gasteiger partial charge on any atom is -0.477 e. The molecule has 0 atom stereocenters. The lowest BCUT2D eigenvalue weighted by atomic mass is 9.83. The van der Waals surface area contributed by atoms with Crippen LogP contribution in [0.25, 0.3) is 0 Å². The molecule has 20 nitrogen and oxygen atoms in total. The summed E-state index contributed by atoms with van der Waals surface area (Å²) in [6, 6.07) is 22.3. The predicted molar refractivity (Wildman–Crippen MR) is 326 cm³/mol. The lowest BCUT2D eigenvalue weighted by Gasteiger charge is -2.40. The number of aromatic nitrogens is 2. The molecule has 460 valence electrons. The van der Waals surface area contributed by atoms with Crippen LogP contribution in [0.15, 0.2) is 88.0 Å². The highest BCUT2D eigenvalue weighted by atomic mass is 32.2. The molecule has 85 heavy (non-hydrogen) atoms. The molecule has 2 saturated heterocycles. The van der Waals surface area contributed by atoms with Crippen molar-refractivity contribution in [3.05, 3.63) is 100.0 Å². The van der Waals surface area contributed by atoms with Gasteiger partial charge in [0.15, 0.2) is 21.3 Å². The Morgan fingerprint density at radius 3 is 1.38 bits per heavy atom. The van der Waals surface area contributed by atoms with Crippen LogP contribution in [-0.4, -0.2) is 105 Å². The molecule has 0 spiro atoms. The molecule has 12 rings (SSSR count). The third-order valence-electron chi connectivity index (χ3n) is 18.1. The molecule has 6 N–H and O–H groups in total. The third-order valence-corrected chi connectivity index (χ3v) is 20.6. The smallest absolute Gasteiger partial charge is 0.315 e. The van der Waals surface area contributed by atoms with Gasteiger partial charge in [-0.1, -0.05) is 80.1 Å². The van der Waals surface area contributed by atoms with Crippen molar-refractivity contribution in [1.82, 2.24) is 30.0 Å². The van der Waals surface area contributed by atoms with Gasteiger partial charge in [-0.25, -0.2) is 24.2 Å².